The smallest absolute Gasteiger partial charge is 0.293 e. The van der Waals surface area contributed by atoms with Crippen molar-refractivity contribution in [3.63, 3.8) is 0 Å². The summed E-state index contributed by atoms with van der Waals surface area (Å²) in [4.78, 5) is 20.6. The van der Waals surface area contributed by atoms with Gasteiger partial charge < -0.3 is 19.3 Å². The predicted molar refractivity (Wildman–Crippen MR) is 92.3 cm³/mol. The van der Waals surface area contributed by atoms with Crippen molar-refractivity contribution >= 4 is 5.82 Å². The zero-order valence-electron chi connectivity index (χ0n) is 14.6. The topological polar surface area (TPSA) is 70.8 Å². The van der Waals surface area contributed by atoms with E-state index in [9.17, 15) is 9.90 Å². The van der Waals surface area contributed by atoms with Crippen LogP contribution in [0.2, 0.25) is 0 Å². The molecule has 2 fully saturated rings. The minimum absolute atomic E-state index is 0.0181. The average molecular weight is 336 g/mol. The molecular formula is C17H28N4O3. The third-order valence-electron chi connectivity index (χ3n) is 5.17. The highest BCUT2D eigenvalue weighted by atomic mass is 16.5. The van der Waals surface area contributed by atoms with Crippen LogP contribution < -0.4 is 10.5 Å². The van der Waals surface area contributed by atoms with Crippen LogP contribution in [0.3, 0.4) is 0 Å². The Hall–Kier alpha value is -1.44. The van der Waals surface area contributed by atoms with Crippen LogP contribution in [0.15, 0.2) is 17.2 Å². The molecule has 7 nitrogen and oxygen atoms in total. The van der Waals surface area contributed by atoms with Gasteiger partial charge in [-0.05, 0) is 12.8 Å². The minimum Gasteiger partial charge on any atom is -0.391 e. The van der Waals surface area contributed by atoms with E-state index in [1.165, 1.54) is 11.0 Å². The number of rotatable bonds is 4. The van der Waals surface area contributed by atoms with Crippen molar-refractivity contribution in [3.8, 4) is 0 Å². The van der Waals surface area contributed by atoms with E-state index in [0.29, 0.717) is 19.0 Å². The summed E-state index contributed by atoms with van der Waals surface area (Å²) in [6, 6.07) is 0.248. The molecule has 0 unspecified atom stereocenters. The molecule has 2 aliphatic rings. The zero-order valence-corrected chi connectivity index (χ0v) is 14.6. The standard InChI is InChI=1S/C17H28N4O3/c1-19-8-7-18-16(17(19)23)20(2)11-13-12-21(9-10-24-13)14-5-3-4-6-15(14)22/h7-8,13-15,22H,3-6,9-12H2,1-2H3/t13-,14+,15-/m1/s1. The first-order valence-corrected chi connectivity index (χ1v) is 8.82. The highest BCUT2D eigenvalue weighted by Crippen LogP contribution is 2.25. The van der Waals surface area contributed by atoms with Crippen molar-refractivity contribution in [1.82, 2.24) is 14.5 Å². The molecule has 0 spiro atoms. The third-order valence-corrected chi connectivity index (χ3v) is 5.17. The van der Waals surface area contributed by atoms with Crippen molar-refractivity contribution in [3.05, 3.63) is 22.7 Å². The van der Waals surface area contributed by atoms with Crippen LogP contribution in [-0.4, -0.2) is 71.1 Å². The number of likely N-dealkylation sites (N-methyl/N-ethyl adjacent to an activating group) is 1. The summed E-state index contributed by atoms with van der Waals surface area (Å²) >= 11 is 0. The first-order chi connectivity index (χ1) is 11.6. The lowest BCUT2D eigenvalue weighted by atomic mass is 9.91. The summed E-state index contributed by atoms with van der Waals surface area (Å²) in [5.74, 6) is 0.443. The van der Waals surface area contributed by atoms with Gasteiger partial charge in [-0.1, -0.05) is 12.8 Å². The quantitative estimate of drug-likeness (QED) is 0.848. The molecule has 2 heterocycles. The normalized spacial score (nSPS) is 28.7. The number of aryl methyl sites for hydroxylation is 1. The lowest BCUT2D eigenvalue weighted by Crippen LogP contribution is -2.55. The molecule has 1 aliphatic heterocycles. The Kier molecular flexibility index (Phi) is 5.53. The summed E-state index contributed by atoms with van der Waals surface area (Å²) in [5, 5.41) is 10.3. The van der Waals surface area contributed by atoms with Crippen LogP contribution >= 0.6 is 0 Å². The lowest BCUT2D eigenvalue weighted by molar-refractivity contribution is -0.0700. The molecule has 0 aromatic carbocycles. The number of hydrogen-bond donors (Lipinski definition) is 1. The number of anilines is 1. The summed E-state index contributed by atoms with van der Waals surface area (Å²) in [6.07, 6.45) is 7.36. The molecule has 1 aromatic heterocycles. The van der Waals surface area contributed by atoms with Gasteiger partial charge in [0, 0.05) is 52.2 Å². The van der Waals surface area contributed by atoms with Gasteiger partial charge in [0.1, 0.15) is 0 Å². The Labute approximate surface area is 142 Å². The van der Waals surface area contributed by atoms with Crippen molar-refractivity contribution in [2.24, 2.45) is 7.05 Å². The Morgan fingerprint density at radius 1 is 1.42 bits per heavy atom. The number of ether oxygens (including phenoxy) is 1. The van der Waals surface area contributed by atoms with E-state index in [2.05, 4.69) is 9.88 Å². The molecule has 3 rings (SSSR count). The van der Waals surface area contributed by atoms with Crippen LogP contribution in [-0.2, 0) is 11.8 Å². The lowest BCUT2D eigenvalue weighted by Gasteiger charge is -2.42. The number of aliphatic hydroxyl groups excluding tert-OH is 1. The van der Waals surface area contributed by atoms with E-state index in [0.717, 1.165) is 32.4 Å². The van der Waals surface area contributed by atoms with Crippen molar-refractivity contribution in [2.75, 3.05) is 38.2 Å². The highest BCUT2D eigenvalue weighted by Gasteiger charge is 2.33. The second kappa shape index (κ2) is 7.63. The first-order valence-electron chi connectivity index (χ1n) is 8.82. The van der Waals surface area contributed by atoms with Crippen LogP contribution in [0.5, 0.6) is 0 Å². The van der Waals surface area contributed by atoms with Gasteiger partial charge in [0.05, 0.1) is 18.8 Å². The largest absolute Gasteiger partial charge is 0.391 e. The molecule has 1 aliphatic carbocycles. The van der Waals surface area contributed by atoms with Gasteiger partial charge in [-0.3, -0.25) is 9.69 Å². The molecule has 1 aromatic rings. The Bertz CT molecular complexity index is 606. The van der Waals surface area contributed by atoms with Gasteiger partial charge in [-0.25, -0.2) is 4.98 Å². The van der Waals surface area contributed by atoms with Gasteiger partial charge in [0.25, 0.3) is 5.56 Å². The third kappa shape index (κ3) is 3.79. The number of nitrogens with zero attached hydrogens (tertiary/aromatic N) is 4. The molecule has 1 saturated carbocycles. The molecule has 0 amide bonds. The van der Waals surface area contributed by atoms with E-state index in [1.807, 2.05) is 11.9 Å². The number of morpholine rings is 1. The molecule has 3 atom stereocenters. The maximum atomic E-state index is 12.2. The van der Waals surface area contributed by atoms with Crippen LogP contribution in [0.1, 0.15) is 25.7 Å². The molecule has 7 heteroatoms. The fourth-order valence-electron chi connectivity index (χ4n) is 3.81. The highest BCUT2D eigenvalue weighted by molar-refractivity contribution is 5.34. The zero-order chi connectivity index (χ0) is 17.1. The van der Waals surface area contributed by atoms with Gasteiger partial charge in [-0.15, -0.1) is 0 Å². The molecule has 1 saturated heterocycles. The van der Waals surface area contributed by atoms with E-state index in [4.69, 9.17) is 4.74 Å². The number of aliphatic hydroxyl groups is 1. The Morgan fingerprint density at radius 3 is 3.00 bits per heavy atom. The predicted octanol–water partition coefficient (Wildman–Crippen LogP) is 0.221. The second-order valence-corrected chi connectivity index (χ2v) is 6.95. The molecule has 1 N–H and O–H groups in total. The summed E-state index contributed by atoms with van der Waals surface area (Å²) in [6.45, 7) is 2.94. The Balaban J connectivity index is 1.62. The molecular weight excluding hydrogens is 308 g/mol. The maximum absolute atomic E-state index is 12.2. The summed E-state index contributed by atoms with van der Waals surface area (Å²) in [5.41, 5.74) is -0.102. The maximum Gasteiger partial charge on any atom is 0.293 e. The fraction of sp³-hybridized carbons (Fsp3) is 0.765. The molecule has 24 heavy (non-hydrogen) atoms. The number of aromatic nitrogens is 2. The van der Waals surface area contributed by atoms with E-state index < -0.39 is 0 Å². The summed E-state index contributed by atoms with van der Waals surface area (Å²) < 4.78 is 7.43. The minimum atomic E-state index is -0.224. The van der Waals surface area contributed by atoms with Crippen LogP contribution in [0, 0.1) is 0 Å². The van der Waals surface area contributed by atoms with Gasteiger partial charge >= 0.3 is 0 Å². The fourth-order valence-corrected chi connectivity index (χ4v) is 3.81. The molecule has 0 radical (unpaired) electrons. The van der Waals surface area contributed by atoms with Crippen LogP contribution in [0.4, 0.5) is 5.82 Å². The first kappa shape index (κ1) is 17.4. The molecule has 134 valence electrons. The number of hydrogen-bond acceptors (Lipinski definition) is 6. The summed E-state index contributed by atoms with van der Waals surface area (Å²) in [7, 11) is 3.60. The second-order valence-electron chi connectivity index (χ2n) is 6.95. The molecule has 0 bridgehead atoms. The van der Waals surface area contributed by atoms with E-state index in [1.54, 1.807) is 19.4 Å². The van der Waals surface area contributed by atoms with Crippen LogP contribution in [0.25, 0.3) is 0 Å². The van der Waals surface area contributed by atoms with Gasteiger partial charge in [-0.2, -0.15) is 0 Å². The van der Waals surface area contributed by atoms with E-state index in [-0.39, 0.29) is 23.8 Å². The van der Waals surface area contributed by atoms with Crippen molar-refractivity contribution < 1.29 is 9.84 Å². The van der Waals surface area contributed by atoms with E-state index >= 15 is 0 Å². The Morgan fingerprint density at radius 2 is 2.21 bits per heavy atom. The van der Waals surface area contributed by atoms with Gasteiger partial charge in [0.2, 0.25) is 0 Å². The SMILES string of the molecule is CN(C[C@@H]1CN([C@H]2CCCC[C@H]2O)CCO1)c1nccn(C)c1=O. The van der Waals surface area contributed by atoms with Gasteiger partial charge in [0.15, 0.2) is 5.82 Å². The monoisotopic (exact) mass is 336 g/mol. The average Bonchev–Trinajstić information content (AvgIpc) is 2.58. The van der Waals surface area contributed by atoms with Crippen molar-refractivity contribution in [1.29, 1.82) is 0 Å². The van der Waals surface area contributed by atoms with Crippen molar-refractivity contribution in [2.45, 2.75) is 43.9 Å².